The highest BCUT2D eigenvalue weighted by atomic mass is 32.1. The molecule has 0 aliphatic heterocycles. The molecule has 4 heteroatoms. The normalized spacial score (nSPS) is 10.7. The van der Waals surface area contributed by atoms with Crippen molar-refractivity contribution in [3.63, 3.8) is 0 Å². The second-order valence-corrected chi connectivity index (χ2v) is 4.17. The van der Waals surface area contributed by atoms with E-state index in [0.717, 1.165) is 17.8 Å². The van der Waals surface area contributed by atoms with Gasteiger partial charge in [-0.05, 0) is 36.5 Å². The van der Waals surface area contributed by atoms with Crippen LogP contribution in [0.5, 0.6) is 0 Å². The number of rotatable bonds is 3. The zero-order chi connectivity index (χ0) is 9.97. The number of nitrogens with two attached hydrogens (primary N) is 1. The molecule has 2 heterocycles. The fourth-order valence-electron chi connectivity index (χ4n) is 1.40. The van der Waals surface area contributed by atoms with Gasteiger partial charge in [0.2, 0.25) is 0 Å². The van der Waals surface area contributed by atoms with Gasteiger partial charge in [-0.1, -0.05) is 0 Å². The van der Waals surface area contributed by atoms with Crippen LogP contribution in [-0.2, 0) is 6.42 Å². The van der Waals surface area contributed by atoms with Crippen LogP contribution >= 0.6 is 11.3 Å². The van der Waals surface area contributed by atoms with E-state index in [0.29, 0.717) is 6.54 Å². The van der Waals surface area contributed by atoms with Crippen LogP contribution in [0.4, 0.5) is 0 Å². The third-order valence-electron chi connectivity index (χ3n) is 2.14. The molecular formula is C10H13N3S. The van der Waals surface area contributed by atoms with Crippen molar-refractivity contribution >= 4 is 11.3 Å². The van der Waals surface area contributed by atoms with Gasteiger partial charge in [-0.2, -0.15) is 5.10 Å². The summed E-state index contributed by atoms with van der Waals surface area (Å²) in [7, 11) is 0. The van der Waals surface area contributed by atoms with E-state index in [1.54, 1.807) is 11.3 Å². The van der Waals surface area contributed by atoms with Gasteiger partial charge in [0.25, 0.3) is 0 Å². The summed E-state index contributed by atoms with van der Waals surface area (Å²) in [5.41, 5.74) is 8.89. The number of aromatic nitrogens is 2. The first kappa shape index (κ1) is 9.43. The highest BCUT2D eigenvalue weighted by Crippen LogP contribution is 2.27. The highest BCUT2D eigenvalue weighted by molar-refractivity contribution is 7.13. The Morgan fingerprint density at radius 1 is 1.57 bits per heavy atom. The smallest absolute Gasteiger partial charge is 0.103 e. The van der Waals surface area contributed by atoms with Crippen molar-refractivity contribution in [2.45, 2.75) is 13.3 Å². The summed E-state index contributed by atoms with van der Waals surface area (Å²) in [6.07, 6.45) is 0.859. The van der Waals surface area contributed by atoms with Gasteiger partial charge in [-0.15, -0.1) is 11.3 Å². The third-order valence-corrected chi connectivity index (χ3v) is 3.18. The number of thiophene rings is 1. The van der Waals surface area contributed by atoms with Crippen molar-refractivity contribution in [3.05, 3.63) is 28.8 Å². The number of hydrogen-bond acceptors (Lipinski definition) is 3. The molecule has 74 valence electrons. The van der Waals surface area contributed by atoms with Crippen LogP contribution in [-0.4, -0.2) is 16.7 Å². The van der Waals surface area contributed by atoms with Crippen molar-refractivity contribution < 1.29 is 0 Å². The maximum Gasteiger partial charge on any atom is 0.103 e. The minimum atomic E-state index is 0.658. The molecule has 0 amide bonds. The minimum Gasteiger partial charge on any atom is -0.330 e. The summed E-state index contributed by atoms with van der Waals surface area (Å²) >= 11 is 1.72. The Labute approximate surface area is 87.0 Å². The Balaban J connectivity index is 2.29. The summed E-state index contributed by atoms with van der Waals surface area (Å²) < 4.78 is 0. The maximum absolute atomic E-state index is 5.47. The fraction of sp³-hybridized carbons (Fsp3) is 0.300. The van der Waals surface area contributed by atoms with E-state index in [-0.39, 0.29) is 0 Å². The quantitative estimate of drug-likeness (QED) is 0.808. The van der Waals surface area contributed by atoms with Crippen LogP contribution in [0, 0.1) is 6.92 Å². The second kappa shape index (κ2) is 3.94. The molecule has 3 nitrogen and oxygen atoms in total. The number of hydrogen-bond donors (Lipinski definition) is 2. The lowest BCUT2D eigenvalue weighted by atomic mass is 10.2. The Bertz CT molecular complexity index is 416. The highest BCUT2D eigenvalue weighted by Gasteiger charge is 2.07. The Morgan fingerprint density at radius 2 is 2.43 bits per heavy atom. The lowest BCUT2D eigenvalue weighted by Crippen LogP contribution is -2.02. The molecule has 0 aliphatic carbocycles. The zero-order valence-corrected chi connectivity index (χ0v) is 8.90. The molecule has 3 N–H and O–H groups in total. The van der Waals surface area contributed by atoms with Gasteiger partial charge in [-0.25, -0.2) is 0 Å². The van der Waals surface area contributed by atoms with Crippen LogP contribution in [0.3, 0.4) is 0 Å². The van der Waals surface area contributed by atoms with Gasteiger partial charge >= 0.3 is 0 Å². The summed E-state index contributed by atoms with van der Waals surface area (Å²) in [4.78, 5) is 1.24. The maximum atomic E-state index is 5.47. The van der Waals surface area contributed by atoms with Gasteiger partial charge in [0, 0.05) is 12.1 Å². The van der Waals surface area contributed by atoms with E-state index in [4.69, 9.17) is 5.73 Å². The Hall–Kier alpha value is -1.13. The van der Waals surface area contributed by atoms with Crippen LogP contribution < -0.4 is 5.73 Å². The van der Waals surface area contributed by atoms with Crippen LogP contribution in [0.1, 0.15) is 11.3 Å². The summed E-state index contributed by atoms with van der Waals surface area (Å²) in [5.74, 6) is 0. The van der Waals surface area contributed by atoms with Crippen molar-refractivity contribution in [1.29, 1.82) is 0 Å². The third kappa shape index (κ3) is 1.71. The van der Waals surface area contributed by atoms with Crippen molar-refractivity contribution in [3.8, 4) is 10.6 Å². The summed E-state index contributed by atoms with van der Waals surface area (Å²) in [5, 5.41) is 9.35. The number of aryl methyl sites for hydroxylation is 1. The topological polar surface area (TPSA) is 54.7 Å². The van der Waals surface area contributed by atoms with Gasteiger partial charge in [0.05, 0.1) is 4.88 Å². The van der Waals surface area contributed by atoms with E-state index in [2.05, 4.69) is 34.6 Å². The molecule has 0 radical (unpaired) electrons. The van der Waals surface area contributed by atoms with Gasteiger partial charge in [-0.3, -0.25) is 5.10 Å². The molecule has 0 aliphatic rings. The van der Waals surface area contributed by atoms with Crippen LogP contribution in [0.25, 0.3) is 10.6 Å². The Kier molecular flexibility index (Phi) is 2.65. The first-order valence-corrected chi connectivity index (χ1v) is 5.48. The first-order valence-electron chi connectivity index (χ1n) is 4.60. The predicted molar refractivity (Wildman–Crippen MR) is 59.4 cm³/mol. The number of H-pyrrole nitrogens is 1. The van der Waals surface area contributed by atoms with E-state index in [1.807, 2.05) is 0 Å². The minimum absolute atomic E-state index is 0.658. The standard InChI is InChI=1S/C10H13N3S/c1-7-3-5-14-10(7)9-6-8(2-4-11)12-13-9/h3,5-6H,2,4,11H2,1H3,(H,12,13). The van der Waals surface area contributed by atoms with E-state index >= 15 is 0 Å². The number of nitrogens with one attached hydrogen (secondary N) is 1. The molecule has 0 atom stereocenters. The molecule has 0 saturated carbocycles. The fourth-order valence-corrected chi connectivity index (χ4v) is 2.28. The Morgan fingerprint density at radius 3 is 3.07 bits per heavy atom. The molecule has 2 aromatic rings. The zero-order valence-electron chi connectivity index (χ0n) is 8.08. The average molecular weight is 207 g/mol. The molecule has 2 aromatic heterocycles. The van der Waals surface area contributed by atoms with Gasteiger partial charge in [0.1, 0.15) is 5.69 Å². The monoisotopic (exact) mass is 207 g/mol. The van der Waals surface area contributed by atoms with E-state index in [9.17, 15) is 0 Å². The number of nitrogens with zero attached hydrogens (tertiary/aromatic N) is 1. The second-order valence-electron chi connectivity index (χ2n) is 3.25. The van der Waals surface area contributed by atoms with Gasteiger partial charge in [0.15, 0.2) is 0 Å². The lowest BCUT2D eigenvalue weighted by molar-refractivity contribution is 0.902. The van der Waals surface area contributed by atoms with Crippen molar-refractivity contribution in [2.75, 3.05) is 6.54 Å². The summed E-state index contributed by atoms with van der Waals surface area (Å²) in [6.45, 7) is 2.76. The first-order chi connectivity index (χ1) is 6.81. The summed E-state index contributed by atoms with van der Waals surface area (Å²) in [6, 6.07) is 4.18. The van der Waals surface area contributed by atoms with Crippen LogP contribution in [0.15, 0.2) is 17.5 Å². The molecule has 0 bridgehead atoms. The molecule has 0 aromatic carbocycles. The largest absolute Gasteiger partial charge is 0.330 e. The average Bonchev–Trinajstić information content (AvgIpc) is 2.74. The lowest BCUT2D eigenvalue weighted by Gasteiger charge is -1.91. The number of aromatic amines is 1. The van der Waals surface area contributed by atoms with Crippen molar-refractivity contribution in [1.82, 2.24) is 10.2 Å². The predicted octanol–water partition coefficient (Wildman–Crippen LogP) is 1.95. The molecular weight excluding hydrogens is 194 g/mol. The van der Waals surface area contributed by atoms with E-state index in [1.165, 1.54) is 10.4 Å². The SMILES string of the molecule is Cc1ccsc1-c1cc(CCN)[nH]n1. The molecule has 0 saturated heterocycles. The molecule has 14 heavy (non-hydrogen) atoms. The molecule has 0 spiro atoms. The van der Waals surface area contributed by atoms with E-state index < -0.39 is 0 Å². The molecule has 0 fully saturated rings. The molecule has 2 rings (SSSR count). The molecule has 0 unspecified atom stereocenters. The van der Waals surface area contributed by atoms with Crippen LogP contribution in [0.2, 0.25) is 0 Å². The van der Waals surface area contributed by atoms with Crippen molar-refractivity contribution in [2.24, 2.45) is 5.73 Å². The van der Waals surface area contributed by atoms with Gasteiger partial charge < -0.3 is 5.73 Å².